The van der Waals surface area contributed by atoms with Crippen molar-refractivity contribution in [2.45, 2.75) is 31.9 Å². The van der Waals surface area contributed by atoms with Crippen molar-refractivity contribution in [3.8, 4) is 5.75 Å². The van der Waals surface area contributed by atoms with E-state index in [4.69, 9.17) is 23.2 Å². The van der Waals surface area contributed by atoms with Gasteiger partial charge in [0.25, 0.3) is 11.8 Å². The van der Waals surface area contributed by atoms with Gasteiger partial charge in [0.1, 0.15) is 17.3 Å². The number of aromatic hydroxyl groups is 1. The average molecular weight is 768 g/mol. The third-order valence-electron chi connectivity index (χ3n) is 11.4. The minimum atomic E-state index is -4.83. The van der Waals surface area contributed by atoms with Gasteiger partial charge in [-0.05, 0) is 72.9 Å². The van der Waals surface area contributed by atoms with E-state index < -0.39 is 82.1 Å². The molecular formula is C38H28Cl2F4N4O5. The number of benzene rings is 3. The highest BCUT2D eigenvalue weighted by atomic mass is 35.5. The molecule has 1 N–H and O–H groups in total. The summed E-state index contributed by atoms with van der Waals surface area (Å²) in [5.41, 5.74) is -1.84. The van der Waals surface area contributed by atoms with Gasteiger partial charge in [-0.2, -0.15) is 18.2 Å². The predicted octanol–water partition coefficient (Wildman–Crippen LogP) is 7.69. The van der Waals surface area contributed by atoms with Crippen LogP contribution in [0.15, 0.2) is 78.4 Å². The van der Waals surface area contributed by atoms with E-state index in [1.165, 1.54) is 25.2 Å². The molecule has 15 heteroatoms. The van der Waals surface area contributed by atoms with Crippen LogP contribution in [0.4, 0.5) is 29.1 Å². The third kappa shape index (κ3) is 5.00. The zero-order chi connectivity index (χ0) is 37.9. The van der Waals surface area contributed by atoms with Crippen molar-refractivity contribution in [3.05, 3.63) is 105 Å². The molecule has 272 valence electrons. The van der Waals surface area contributed by atoms with Crippen LogP contribution in [0.3, 0.4) is 0 Å². The second-order valence-corrected chi connectivity index (χ2v) is 14.8. The molecule has 2 saturated heterocycles. The van der Waals surface area contributed by atoms with Gasteiger partial charge >= 0.3 is 6.18 Å². The summed E-state index contributed by atoms with van der Waals surface area (Å²) in [7, 11) is 1.22. The second kappa shape index (κ2) is 12.0. The number of imide groups is 2. The second-order valence-electron chi connectivity index (χ2n) is 14.0. The number of hydrazine groups is 1. The molecule has 0 bridgehead atoms. The topological polar surface area (TPSA) is 111 Å². The van der Waals surface area contributed by atoms with E-state index in [-0.39, 0.29) is 34.3 Å². The average Bonchev–Trinajstić information content (AvgIpc) is 3.48. The van der Waals surface area contributed by atoms with E-state index in [9.17, 15) is 41.8 Å². The van der Waals surface area contributed by atoms with Crippen LogP contribution in [0.5, 0.6) is 5.75 Å². The minimum absolute atomic E-state index is 0.0252. The molecule has 4 aliphatic rings. The van der Waals surface area contributed by atoms with Crippen LogP contribution in [-0.4, -0.2) is 45.8 Å². The Morgan fingerprint density at radius 1 is 0.925 bits per heavy atom. The van der Waals surface area contributed by atoms with Gasteiger partial charge in [-0.25, -0.2) is 14.3 Å². The number of nitrogens with zero attached hydrogens (tertiary/aromatic N) is 4. The van der Waals surface area contributed by atoms with Crippen molar-refractivity contribution in [2.75, 3.05) is 17.0 Å². The van der Waals surface area contributed by atoms with Gasteiger partial charge in [0.15, 0.2) is 5.82 Å². The number of anilines is 2. The molecule has 0 unspecified atom stereocenters. The lowest BCUT2D eigenvalue weighted by atomic mass is 9.51. The van der Waals surface area contributed by atoms with Crippen molar-refractivity contribution in [1.82, 2.24) is 9.99 Å². The molecule has 0 spiro atoms. The highest BCUT2D eigenvalue weighted by Gasteiger charge is 2.68. The maximum absolute atomic E-state index is 14.8. The molecule has 3 aromatic carbocycles. The molecule has 6 atom stereocenters. The van der Waals surface area contributed by atoms with Crippen molar-refractivity contribution >= 4 is 69.1 Å². The Hall–Kier alpha value is -5.01. The molecule has 4 aromatic rings. The number of allylic oxidation sites excluding steroid dienone is 2. The first kappa shape index (κ1) is 35.0. The minimum Gasteiger partial charge on any atom is -0.508 e. The predicted molar refractivity (Wildman–Crippen MR) is 186 cm³/mol. The Balaban J connectivity index is 1.27. The summed E-state index contributed by atoms with van der Waals surface area (Å²) >= 11 is 12.3. The molecule has 3 fully saturated rings. The number of aromatic nitrogens is 1. The molecule has 53 heavy (non-hydrogen) atoms. The number of hydrogen-bond acceptors (Lipinski definition) is 7. The molecule has 1 saturated carbocycles. The Morgan fingerprint density at radius 2 is 1.66 bits per heavy atom. The summed E-state index contributed by atoms with van der Waals surface area (Å²) in [6.45, 7) is 1.64. The van der Waals surface area contributed by atoms with Crippen LogP contribution in [0.2, 0.25) is 10.0 Å². The summed E-state index contributed by atoms with van der Waals surface area (Å²) in [6, 6.07) is 15.6. The molecule has 1 aromatic heterocycles. The lowest BCUT2D eigenvalue weighted by Gasteiger charge is -2.49. The highest BCUT2D eigenvalue weighted by molar-refractivity contribution is 6.33. The van der Waals surface area contributed by atoms with Crippen LogP contribution >= 0.6 is 23.2 Å². The molecule has 8 rings (SSSR count). The fourth-order valence-corrected chi connectivity index (χ4v) is 9.37. The number of carbonyl (C=O) groups excluding carboxylic acids is 4. The van der Waals surface area contributed by atoms with Gasteiger partial charge < -0.3 is 5.11 Å². The van der Waals surface area contributed by atoms with Crippen LogP contribution in [0.1, 0.15) is 36.9 Å². The van der Waals surface area contributed by atoms with E-state index in [0.29, 0.717) is 22.6 Å². The Bertz CT molecular complexity index is 2340. The summed E-state index contributed by atoms with van der Waals surface area (Å²) < 4.78 is 55.1. The molecule has 0 radical (unpaired) electrons. The number of halogens is 6. The van der Waals surface area contributed by atoms with Gasteiger partial charge in [0.05, 0.1) is 38.9 Å². The SMILES string of the molecule is CN(c1nc(C(F)(F)F)ccc1Cl)N1C(=O)[C@H]2[C@H](CC=C3[C@H]2C[C@H]2C(=O)N(c4ccc(F)c(Cl)c4)C(=O)[C@@]2(C)[C@H]3c2c(O)ccc3ccccc23)C1=O. The normalized spacial score (nSPS) is 26.9. The lowest BCUT2D eigenvalue weighted by molar-refractivity contribution is -0.141. The van der Waals surface area contributed by atoms with Crippen LogP contribution in [0, 0.1) is 34.9 Å². The number of amides is 4. The number of rotatable bonds is 4. The maximum atomic E-state index is 14.8. The number of pyridine rings is 1. The smallest absolute Gasteiger partial charge is 0.433 e. The number of phenols is 1. The maximum Gasteiger partial charge on any atom is 0.433 e. The highest BCUT2D eigenvalue weighted by Crippen LogP contribution is 2.65. The van der Waals surface area contributed by atoms with Crippen LogP contribution in [0.25, 0.3) is 10.8 Å². The fourth-order valence-electron chi connectivity index (χ4n) is 8.97. The van der Waals surface area contributed by atoms with Crippen molar-refractivity contribution in [1.29, 1.82) is 0 Å². The van der Waals surface area contributed by atoms with Gasteiger partial charge in [-0.3, -0.25) is 24.2 Å². The first-order valence-corrected chi connectivity index (χ1v) is 17.4. The molecule has 2 aliphatic carbocycles. The van der Waals surface area contributed by atoms with Crippen LogP contribution in [-0.2, 0) is 25.4 Å². The molecular weight excluding hydrogens is 739 g/mol. The summed E-state index contributed by atoms with van der Waals surface area (Å²) in [4.78, 5) is 62.4. The zero-order valence-corrected chi connectivity index (χ0v) is 29.4. The Labute approximate surface area is 309 Å². The zero-order valence-electron chi connectivity index (χ0n) is 27.9. The molecule has 4 amide bonds. The Morgan fingerprint density at radius 3 is 2.38 bits per heavy atom. The van der Waals surface area contributed by atoms with Gasteiger partial charge in [0.2, 0.25) is 11.8 Å². The van der Waals surface area contributed by atoms with Gasteiger partial charge in [-0.15, -0.1) is 0 Å². The number of carbonyl (C=O) groups is 4. The van der Waals surface area contributed by atoms with E-state index >= 15 is 0 Å². The van der Waals surface area contributed by atoms with Crippen molar-refractivity contribution < 1.29 is 41.8 Å². The summed E-state index contributed by atoms with van der Waals surface area (Å²) in [5, 5.41) is 14.0. The van der Waals surface area contributed by atoms with Gasteiger partial charge in [-0.1, -0.05) is 65.2 Å². The summed E-state index contributed by atoms with van der Waals surface area (Å²) in [6.07, 6.45) is -3.09. The van der Waals surface area contributed by atoms with E-state index in [1.54, 1.807) is 31.2 Å². The standard InChI is InChI=1S/C38H28Cl2F4N4O5/c1-37-23(34(51)47(36(37)53)18-8-12-26(41)25(40)15-18)16-22-20(31(37)30-19-6-4-3-5-17(19)7-13-27(30)49)9-10-21-29(22)35(52)48(33(21)50)46(2)32-24(39)11-14-28(45-32)38(42,43)44/h3-9,11-15,21-23,29,31,49H,10,16H2,1-2H3/t21-,22+,23-,29-,31+,37+/m0/s1. The fraction of sp³-hybridized carbons (Fsp3) is 0.289. The third-order valence-corrected chi connectivity index (χ3v) is 12.0. The molecule has 2 aliphatic heterocycles. The molecule has 9 nitrogen and oxygen atoms in total. The number of alkyl halides is 3. The monoisotopic (exact) mass is 766 g/mol. The first-order valence-electron chi connectivity index (χ1n) is 16.6. The van der Waals surface area contributed by atoms with Gasteiger partial charge in [0, 0.05) is 18.5 Å². The van der Waals surface area contributed by atoms with Crippen molar-refractivity contribution in [2.24, 2.45) is 29.1 Å². The van der Waals surface area contributed by atoms with E-state index in [0.717, 1.165) is 32.4 Å². The van der Waals surface area contributed by atoms with E-state index in [2.05, 4.69) is 4.98 Å². The largest absolute Gasteiger partial charge is 0.508 e. The number of phenolic OH excluding ortho intramolecular Hbond substituents is 1. The number of fused-ring (bicyclic) bond motifs is 5. The Kier molecular flexibility index (Phi) is 7.94. The lowest BCUT2D eigenvalue weighted by Crippen LogP contribution is -2.49. The first-order chi connectivity index (χ1) is 25.0. The van der Waals surface area contributed by atoms with Crippen LogP contribution < -0.4 is 9.91 Å². The van der Waals surface area contributed by atoms with Crippen molar-refractivity contribution in [3.63, 3.8) is 0 Å². The quantitative estimate of drug-likeness (QED) is 0.129. The van der Waals surface area contributed by atoms with E-state index in [1.807, 2.05) is 12.1 Å². The summed E-state index contributed by atoms with van der Waals surface area (Å²) in [5.74, 6) is -8.98. The molecule has 3 heterocycles. The number of hydrogen-bond donors (Lipinski definition) is 1.